The summed E-state index contributed by atoms with van der Waals surface area (Å²) in [5.74, 6) is 0.419. The minimum atomic E-state index is -0.571. The molecule has 31 heavy (non-hydrogen) atoms. The first-order valence-electron chi connectivity index (χ1n) is 10.6. The first-order chi connectivity index (χ1) is 14.7. The van der Waals surface area contributed by atoms with Crippen LogP contribution in [0.15, 0.2) is 54.6 Å². The molecule has 0 aliphatic carbocycles. The van der Waals surface area contributed by atoms with Crippen LogP contribution >= 0.6 is 0 Å². The maximum absolute atomic E-state index is 12.6. The number of rotatable bonds is 6. The molecule has 0 saturated carbocycles. The molecule has 1 aliphatic rings. The van der Waals surface area contributed by atoms with Crippen LogP contribution in [0.5, 0.6) is 5.75 Å². The third-order valence-corrected chi connectivity index (χ3v) is 5.28. The second-order valence-corrected chi connectivity index (χ2v) is 8.88. The minimum absolute atomic E-state index is 0.00751. The molecule has 2 aromatic carbocycles. The summed E-state index contributed by atoms with van der Waals surface area (Å²) in [4.78, 5) is 26.3. The highest BCUT2D eigenvalue weighted by atomic mass is 16.6. The molecule has 0 N–H and O–H groups in total. The van der Waals surface area contributed by atoms with Gasteiger partial charge in [0.05, 0.1) is 13.5 Å². The van der Waals surface area contributed by atoms with Crippen LogP contribution in [0.1, 0.15) is 44.2 Å². The van der Waals surface area contributed by atoms with E-state index in [-0.39, 0.29) is 30.3 Å². The van der Waals surface area contributed by atoms with Crippen LogP contribution in [0.4, 0.5) is 4.79 Å². The first kappa shape index (κ1) is 22.7. The summed E-state index contributed by atoms with van der Waals surface area (Å²) in [5.41, 5.74) is 1.55. The number of carbonyl (C=O) groups excluding carboxylic acids is 2. The highest BCUT2D eigenvalue weighted by molar-refractivity contribution is 5.71. The lowest BCUT2D eigenvalue weighted by Gasteiger charge is -2.24. The monoisotopic (exact) mass is 425 g/mol. The molecule has 6 nitrogen and oxygen atoms in total. The number of nitrogens with zero attached hydrogens (tertiary/aromatic N) is 1. The molecular weight excluding hydrogens is 394 g/mol. The van der Waals surface area contributed by atoms with Crippen molar-refractivity contribution in [3.05, 3.63) is 65.7 Å². The number of carbonyl (C=O) groups is 2. The highest BCUT2D eigenvalue weighted by Gasteiger charge is 2.39. The number of esters is 1. The second-order valence-electron chi connectivity index (χ2n) is 8.88. The average Bonchev–Trinajstić information content (AvgIpc) is 3.16. The SMILES string of the molecule is COC(=O)C[C@H]1CN(C(=O)OC(C)(C)C)C[C@H]1c1cccc(OCc2ccccc2)c1. The molecule has 0 unspecified atom stereocenters. The summed E-state index contributed by atoms with van der Waals surface area (Å²) in [6.07, 6.45) is -0.114. The van der Waals surface area contributed by atoms with Crippen molar-refractivity contribution in [1.29, 1.82) is 0 Å². The van der Waals surface area contributed by atoms with E-state index in [2.05, 4.69) is 0 Å². The molecule has 0 aromatic heterocycles. The van der Waals surface area contributed by atoms with Gasteiger partial charge in [0.1, 0.15) is 18.0 Å². The highest BCUT2D eigenvalue weighted by Crippen LogP contribution is 2.37. The fourth-order valence-electron chi connectivity index (χ4n) is 3.80. The van der Waals surface area contributed by atoms with E-state index in [9.17, 15) is 9.59 Å². The van der Waals surface area contributed by atoms with E-state index in [1.165, 1.54) is 7.11 Å². The lowest BCUT2D eigenvalue weighted by atomic mass is 9.87. The number of benzene rings is 2. The van der Waals surface area contributed by atoms with Gasteiger partial charge in [0.2, 0.25) is 0 Å². The Kier molecular flexibility index (Phi) is 7.21. The third-order valence-electron chi connectivity index (χ3n) is 5.28. The van der Waals surface area contributed by atoms with Crippen molar-refractivity contribution in [1.82, 2.24) is 4.90 Å². The van der Waals surface area contributed by atoms with E-state index in [1.54, 1.807) is 4.90 Å². The quantitative estimate of drug-likeness (QED) is 0.623. The molecule has 1 fully saturated rings. The van der Waals surface area contributed by atoms with Gasteiger partial charge in [-0.3, -0.25) is 4.79 Å². The summed E-state index contributed by atoms with van der Waals surface area (Å²) in [6, 6.07) is 17.9. The largest absolute Gasteiger partial charge is 0.489 e. The van der Waals surface area contributed by atoms with Crippen molar-refractivity contribution in [2.45, 2.75) is 45.3 Å². The number of hydrogen-bond acceptors (Lipinski definition) is 5. The summed E-state index contributed by atoms with van der Waals surface area (Å²) >= 11 is 0. The Morgan fingerprint density at radius 3 is 2.45 bits per heavy atom. The lowest BCUT2D eigenvalue weighted by Crippen LogP contribution is -2.35. The number of amides is 1. The summed E-state index contributed by atoms with van der Waals surface area (Å²) in [5, 5.41) is 0. The van der Waals surface area contributed by atoms with Crippen molar-refractivity contribution in [3.8, 4) is 5.75 Å². The smallest absolute Gasteiger partial charge is 0.410 e. The molecule has 2 aromatic rings. The van der Waals surface area contributed by atoms with Crippen molar-refractivity contribution < 1.29 is 23.8 Å². The average molecular weight is 426 g/mol. The fraction of sp³-hybridized carbons (Fsp3) is 0.440. The van der Waals surface area contributed by atoms with Gasteiger partial charge >= 0.3 is 12.1 Å². The Labute approximate surface area is 184 Å². The van der Waals surface area contributed by atoms with E-state index in [0.29, 0.717) is 19.7 Å². The molecule has 3 rings (SSSR count). The third kappa shape index (κ3) is 6.48. The molecule has 1 heterocycles. The van der Waals surface area contributed by atoms with Gasteiger partial charge in [0, 0.05) is 19.0 Å². The fourth-order valence-corrected chi connectivity index (χ4v) is 3.80. The molecule has 2 atom stereocenters. The van der Waals surface area contributed by atoms with Gasteiger partial charge in [-0.2, -0.15) is 0 Å². The van der Waals surface area contributed by atoms with Crippen molar-refractivity contribution in [2.24, 2.45) is 5.92 Å². The first-order valence-corrected chi connectivity index (χ1v) is 10.6. The van der Waals surface area contributed by atoms with Gasteiger partial charge in [-0.15, -0.1) is 0 Å². The Bertz CT molecular complexity index is 890. The maximum atomic E-state index is 12.6. The zero-order valence-corrected chi connectivity index (χ0v) is 18.7. The van der Waals surface area contributed by atoms with Gasteiger partial charge in [-0.1, -0.05) is 42.5 Å². The lowest BCUT2D eigenvalue weighted by molar-refractivity contribution is -0.141. The van der Waals surface area contributed by atoms with Crippen LogP contribution < -0.4 is 4.74 Å². The van der Waals surface area contributed by atoms with E-state index >= 15 is 0 Å². The predicted octanol–water partition coefficient (Wildman–Crippen LogP) is 4.78. The molecule has 1 amide bonds. The van der Waals surface area contributed by atoms with Crippen LogP contribution in [0, 0.1) is 5.92 Å². The minimum Gasteiger partial charge on any atom is -0.489 e. The topological polar surface area (TPSA) is 65.1 Å². The van der Waals surface area contributed by atoms with Gasteiger partial charge < -0.3 is 19.1 Å². The van der Waals surface area contributed by atoms with Crippen LogP contribution in [0.2, 0.25) is 0 Å². The number of methoxy groups -OCH3 is 1. The van der Waals surface area contributed by atoms with E-state index in [1.807, 2.05) is 75.4 Å². The van der Waals surface area contributed by atoms with Gasteiger partial charge in [-0.25, -0.2) is 4.79 Å². The number of hydrogen-bond donors (Lipinski definition) is 0. The van der Waals surface area contributed by atoms with Crippen LogP contribution in [-0.4, -0.2) is 42.8 Å². The molecule has 1 saturated heterocycles. The summed E-state index contributed by atoms with van der Waals surface area (Å²) < 4.78 is 16.4. The van der Waals surface area contributed by atoms with Gasteiger partial charge in [0.25, 0.3) is 0 Å². The molecule has 0 bridgehead atoms. The molecular formula is C25H31NO5. The van der Waals surface area contributed by atoms with Crippen molar-refractivity contribution in [2.75, 3.05) is 20.2 Å². The maximum Gasteiger partial charge on any atom is 0.410 e. The predicted molar refractivity (Wildman–Crippen MR) is 118 cm³/mol. The van der Waals surface area contributed by atoms with E-state index < -0.39 is 5.60 Å². The van der Waals surface area contributed by atoms with E-state index in [0.717, 1.165) is 16.9 Å². The van der Waals surface area contributed by atoms with Crippen molar-refractivity contribution >= 4 is 12.1 Å². The van der Waals surface area contributed by atoms with Crippen LogP contribution in [0.25, 0.3) is 0 Å². The Balaban J connectivity index is 1.75. The second kappa shape index (κ2) is 9.86. The van der Waals surface area contributed by atoms with Crippen LogP contribution in [-0.2, 0) is 20.9 Å². The Hall–Kier alpha value is -3.02. The molecule has 0 spiro atoms. The normalized spacial score (nSPS) is 18.5. The summed E-state index contributed by atoms with van der Waals surface area (Å²) in [6.45, 7) is 6.95. The van der Waals surface area contributed by atoms with Gasteiger partial charge in [0.15, 0.2) is 0 Å². The van der Waals surface area contributed by atoms with Crippen molar-refractivity contribution in [3.63, 3.8) is 0 Å². The Morgan fingerprint density at radius 2 is 1.77 bits per heavy atom. The van der Waals surface area contributed by atoms with Gasteiger partial charge in [-0.05, 0) is 49.9 Å². The molecule has 1 aliphatic heterocycles. The number of ether oxygens (including phenoxy) is 3. The number of likely N-dealkylation sites (tertiary alicyclic amines) is 1. The summed E-state index contributed by atoms with van der Waals surface area (Å²) in [7, 11) is 1.38. The zero-order valence-electron chi connectivity index (χ0n) is 18.7. The molecule has 166 valence electrons. The Morgan fingerprint density at radius 1 is 1.03 bits per heavy atom. The standard InChI is InChI=1S/C25H31NO5/c1-25(2,3)31-24(28)26-15-20(14-23(27)29-4)22(16-26)19-11-8-12-21(13-19)30-17-18-9-6-5-7-10-18/h5-13,20,22H,14-17H2,1-4H3/t20-,22-/m0/s1. The van der Waals surface area contributed by atoms with Crippen LogP contribution in [0.3, 0.4) is 0 Å². The molecule has 6 heteroatoms. The zero-order chi connectivity index (χ0) is 22.4. The molecule has 0 radical (unpaired) electrons. The van der Waals surface area contributed by atoms with E-state index in [4.69, 9.17) is 14.2 Å².